The van der Waals surface area contributed by atoms with Crippen LogP contribution in [0.3, 0.4) is 0 Å². The van der Waals surface area contributed by atoms with Gasteiger partial charge in [0.1, 0.15) is 3.82 Å². The van der Waals surface area contributed by atoms with E-state index in [1.165, 1.54) is 10.3 Å². The first-order valence-corrected chi connectivity index (χ1v) is 5.51. The highest BCUT2D eigenvalue weighted by molar-refractivity contribution is 7.79. The minimum atomic E-state index is 0.639. The molecule has 0 aromatic carbocycles. The molecule has 1 rings (SSSR count). The monoisotopic (exact) mass is 205 g/mol. The van der Waals surface area contributed by atoms with E-state index in [-0.39, 0.29) is 0 Å². The Kier molecular flexibility index (Phi) is 2.75. The third kappa shape index (κ3) is 1.66. The Labute approximate surface area is 77.2 Å². The highest BCUT2D eigenvalue weighted by Crippen LogP contribution is 2.24. The van der Waals surface area contributed by atoms with E-state index < -0.39 is 0 Å². The van der Waals surface area contributed by atoms with Crippen molar-refractivity contribution in [1.82, 2.24) is 0 Å². The zero-order chi connectivity index (χ0) is 8.43. The first kappa shape index (κ1) is 8.83. The van der Waals surface area contributed by atoms with Crippen LogP contribution in [0.25, 0.3) is 0 Å². The molecule has 1 aromatic rings. The smallest absolute Gasteiger partial charge is 0.105 e. The Morgan fingerprint density at radius 1 is 1.55 bits per heavy atom. The zero-order valence-electron chi connectivity index (χ0n) is 6.12. The lowest BCUT2D eigenvalue weighted by Crippen LogP contribution is -1.92. The van der Waals surface area contributed by atoms with Gasteiger partial charge in [0.25, 0.3) is 0 Å². The summed E-state index contributed by atoms with van der Waals surface area (Å²) >= 11 is 5.03. The molecule has 0 fully saturated rings. The standard InChI is InChI=1S/C6H7NOS3/c1-3-5(4(2)7-8)10-11-6(3)9/h8H,1-2H3/b7-4-. The van der Waals surface area contributed by atoms with E-state index in [0.29, 0.717) is 5.71 Å². The van der Waals surface area contributed by atoms with E-state index in [2.05, 4.69) is 5.16 Å². The van der Waals surface area contributed by atoms with Gasteiger partial charge in [0.15, 0.2) is 0 Å². The SMILES string of the molecule is C/C(=N/O)c1ssc(=S)c1C. The van der Waals surface area contributed by atoms with Crippen molar-refractivity contribution in [3.63, 3.8) is 0 Å². The number of hydrogen-bond acceptors (Lipinski definition) is 5. The lowest BCUT2D eigenvalue weighted by Gasteiger charge is -1.91. The maximum Gasteiger partial charge on any atom is 0.105 e. The number of oxime groups is 1. The molecule has 0 atom stereocenters. The average molecular weight is 205 g/mol. The molecule has 0 spiro atoms. The van der Waals surface area contributed by atoms with Gasteiger partial charge in [-0.1, -0.05) is 38.1 Å². The van der Waals surface area contributed by atoms with Crippen molar-refractivity contribution < 1.29 is 5.21 Å². The second-order valence-corrected chi connectivity index (χ2v) is 4.91. The quantitative estimate of drug-likeness (QED) is 0.251. The predicted octanol–water partition coefficient (Wildman–Crippen LogP) is 3.05. The first-order chi connectivity index (χ1) is 5.16. The Balaban J connectivity index is 3.26. The summed E-state index contributed by atoms with van der Waals surface area (Å²) in [5.74, 6) is 0. The molecule has 0 bridgehead atoms. The summed E-state index contributed by atoms with van der Waals surface area (Å²) in [6.45, 7) is 3.71. The first-order valence-electron chi connectivity index (χ1n) is 2.95. The van der Waals surface area contributed by atoms with Crippen LogP contribution in [0.15, 0.2) is 5.16 Å². The minimum Gasteiger partial charge on any atom is -0.411 e. The molecule has 2 nitrogen and oxygen atoms in total. The molecular formula is C6H7NOS3. The van der Waals surface area contributed by atoms with Crippen LogP contribution in [0.2, 0.25) is 0 Å². The molecule has 0 aliphatic rings. The maximum absolute atomic E-state index is 8.49. The third-order valence-electron chi connectivity index (χ3n) is 1.33. The van der Waals surface area contributed by atoms with E-state index in [0.717, 1.165) is 14.3 Å². The molecule has 1 aromatic heterocycles. The van der Waals surface area contributed by atoms with Crippen LogP contribution in [0.5, 0.6) is 0 Å². The lowest BCUT2D eigenvalue weighted by molar-refractivity contribution is 0.319. The zero-order valence-corrected chi connectivity index (χ0v) is 8.57. The van der Waals surface area contributed by atoms with Crippen LogP contribution in [0.1, 0.15) is 17.4 Å². The predicted molar refractivity (Wildman–Crippen MR) is 51.8 cm³/mol. The molecular weight excluding hydrogens is 198 g/mol. The Morgan fingerprint density at radius 3 is 2.55 bits per heavy atom. The van der Waals surface area contributed by atoms with Gasteiger partial charge in [0, 0.05) is 0 Å². The van der Waals surface area contributed by atoms with Crippen LogP contribution < -0.4 is 0 Å². The largest absolute Gasteiger partial charge is 0.411 e. The van der Waals surface area contributed by atoms with Gasteiger partial charge in [-0.05, 0) is 19.4 Å². The Morgan fingerprint density at radius 2 is 2.18 bits per heavy atom. The van der Waals surface area contributed by atoms with Crippen molar-refractivity contribution in [2.75, 3.05) is 0 Å². The van der Waals surface area contributed by atoms with E-state index in [4.69, 9.17) is 17.4 Å². The summed E-state index contributed by atoms with van der Waals surface area (Å²) in [5.41, 5.74) is 1.69. The van der Waals surface area contributed by atoms with Gasteiger partial charge in [-0.15, -0.1) is 0 Å². The summed E-state index contributed by atoms with van der Waals surface area (Å²) in [5, 5.41) is 11.6. The van der Waals surface area contributed by atoms with Gasteiger partial charge in [-0.3, -0.25) is 0 Å². The van der Waals surface area contributed by atoms with Gasteiger partial charge < -0.3 is 5.21 Å². The highest BCUT2D eigenvalue weighted by Gasteiger charge is 2.06. The van der Waals surface area contributed by atoms with E-state index in [1.807, 2.05) is 6.92 Å². The molecule has 1 heterocycles. The van der Waals surface area contributed by atoms with Crippen molar-refractivity contribution in [3.05, 3.63) is 14.3 Å². The van der Waals surface area contributed by atoms with Crippen molar-refractivity contribution in [2.45, 2.75) is 13.8 Å². The molecule has 0 aliphatic carbocycles. The molecule has 1 N–H and O–H groups in total. The summed E-state index contributed by atoms with van der Waals surface area (Å²) in [4.78, 5) is 0.988. The van der Waals surface area contributed by atoms with Crippen LogP contribution in [0, 0.1) is 10.7 Å². The highest BCUT2D eigenvalue weighted by atomic mass is 32.9. The average Bonchev–Trinajstić information content (AvgIpc) is 2.32. The van der Waals surface area contributed by atoms with Crippen LogP contribution in [-0.4, -0.2) is 10.9 Å². The van der Waals surface area contributed by atoms with Crippen molar-refractivity contribution >= 4 is 38.6 Å². The van der Waals surface area contributed by atoms with Crippen LogP contribution >= 0.6 is 32.9 Å². The normalized spacial score (nSPS) is 12.0. The van der Waals surface area contributed by atoms with Crippen molar-refractivity contribution in [1.29, 1.82) is 0 Å². The fourth-order valence-corrected chi connectivity index (χ4v) is 3.58. The molecule has 0 radical (unpaired) electrons. The van der Waals surface area contributed by atoms with Gasteiger partial charge in [-0.2, -0.15) is 0 Å². The molecule has 0 unspecified atom stereocenters. The number of hydrogen-bond donors (Lipinski definition) is 1. The fourth-order valence-electron chi connectivity index (χ4n) is 0.674. The second-order valence-electron chi connectivity index (χ2n) is 2.09. The molecule has 11 heavy (non-hydrogen) atoms. The van der Waals surface area contributed by atoms with Gasteiger partial charge in [0.2, 0.25) is 0 Å². The molecule has 0 aliphatic heterocycles. The third-order valence-corrected chi connectivity index (χ3v) is 4.76. The second kappa shape index (κ2) is 3.42. The Hall–Kier alpha value is -0.260. The summed E-state index contributed by atoms with van der Waals surface area (Å²) < 4.78 is 0.882. The van der Waals surface area contributed by atoms with E-state index in [1.54, 1.807) is 17.3 Å². The van der Waals surface area contributed by atoms with Crippen molar-refractivity contribution in [3.8, 4) is 0 Å². The Bertz CT molecular complexity index is 336. The van der Waals surface area contributed by atoms with Crippen molar-refractivity contribution in [2.24, 2.45) is 5.16 Å². The minimum absolute atomic E-state index is 0.639. The maximum atomic E-state index is 8.49. The fraction of sp³-hybridized carbons (Fsp3) is 0.333. The molecule has 0 amide bonds. The molecule has 5 heteroatoms. The van der Waals surface area contributed by atoms with E-state index >= 15 is 0 Å². The summed E-state index contributed by atoms with van der Waals surface area (Å²) in [6.07, 6.45) is 0. The van der Waals surface area contributed by atoms with Gasteiger partial charge >= 0.3 is 0 Å². The number of nitrogens with zero attached hydrogens (tertiary/aromatic N) is 1. The van der Waals surface area contributed by atoms with Gasteiger partial charge in [-0.25, -0.2) is 0 Å². The molecule has 0 saturated carbocycles. The molecule has 60 valence electrons. The lowest BCUT2D eigenvalue weighted by atomic mass is 10.2. The van der Waals surface area contributed by atoms with Gasteiger partial charge in [0.05, 0.1) is 10.6 Å². The van der Waals surface area contributed by atoms with Crippen LogP contribution in [-0.2, 0) is 0 Å². The van der Waals surface area contributed by atoms with Crippen LogP contribution in [0.4, 0.5) is 0 Å². The number of rotatable bonds is 1. The summed E-state index contributed by atoms with van der Waals surface area (Å²) in [6, 6.07) is 0. The molecule has 0 saturated heterocycles. The summed E-state index contributed by atoms with van der Waals surface area (Å²) in [7, 11) is 3.09. The topological polar surface area (TPSA) is 32.6 Å². The van der Waals surface area contributed by atoms with E-state index in [9.17, 15) is 0 Å².